The Hall–Kier alpha value is -2.05. The molecule has 1 aliphatic carbocycles. The Morgan fingerprint density at radius 1 is 1.29 bits per heavy atom. The van der Waals surface area contributed by atoms with Crippen LogP contribution in [-0.4, -0.2) is 30.0 Å². The second-order valence-corrected chi connectivity index (χ2v) is 5.01. The standard InChI is InChI=1S/C14H16F2N2O3/c1-21-14(20)8-2-4-9(5-3-8)18-13(19)10-6-7-17-12(16)11(10)15/h6-9H,2-5H2,1H3,(H,18,19). The van der Waals surface area contributed by atoms with Gasteiger partial charge in [-0.15, -0.1) is 0 Å². The Balaban J connectivity index is 1.93. The predicted molar refractivity (Wildman–Crippen MR) is 69.4 cm³/mol. The lowest BCUT2D eigenvalue weighted by Gasteiger charge is -2.27. The van der Waals surface area contributed by atoms with Crippen LogP contribution in [0.5, 0.6) is 0 Å². The lowest BCUT2D eigenvalue weighted by atomic mass is 9.86. The number of carbonyl (C=O) groups is 2. The van der Waals surface area contributed by atoms with E-state index >= 15 is 0 Å². The quantitative estimate of drug-likeness (QED) is 0.683. The van der Waals surface area contributed by atoms with E-state index in [1.807, 2.05) is 0 Å². The third-order valence-electron chi connectivity index (χ3n) is 3.69. The van der Waals surface area contributed by atoms with Crippen LogP contribution in [0.25, 0.3) is 0 Å². The van der Waals surface area contributed by atoms with Crippen molar-refractivity contribution in [1.82, 2.24) is 10.3 Å². The number of methoxy groups -OCH3 is 1. The summed E-state index contributed by atoms with van der Waals surface area (Å²) in [5.41, 5.74) is -0.363. The summed E-state index contributed by atoms with van der Waals surface area (Å²) >= 11 is 0. The maximum absolute atomic E-state index is 13.5. The molecular formula is C14H16F2N2O3. The van der Waals surface area contributed by atoms with Gasteiger partial charge in [-0.1, -0.05) is 0 Å². The summed E-state index contributed by atoms with van der Waals surface area (Å²) in [6.07, 6.45) is 3.44. The largest absolute Gasteiger partial charge is 0.469 e. The monoisotopic (exact) mass is 298 g/mol. The maximum Gasteiger partial charge on any atom is 0.308 e. The number of aromatic nitrogens is 1. The van der Waals surface area contributed by atoms with E-state index in [2.05, 4.69) is 15.0 Å². The van der Waals surface area contributed by atoms with Crippen LogP contribution in [0.4, 0.5) is 8.78 Å². The molecule has 1 aromatic heterocycles. The highest BCUT2D eigenvalue weighted by Crippen LogP contribution is 2.25. The molecule has 0 bridgehead atoms. The molecule has 7 heteroatoms. The topological polar surface area (TPSA) is 68.3 Å². The molecule has 1 amide bonds. The third kappa shape index (κ3) is 3.53. The SMILES string of the molecule is COC(=O)C1CCC(NC(=O)c2ccnc(F)c2F)CC1. The Bertz CT molecular complexity index is 543. The van der Waals surface area contributed by atoms with E-state index in [0.29, 0.717) is 25.7 Å². The minimum atomic E-state index is -1.29. The van der Waals surface area contributed by atoms with Gasteiger partial charge in [-0.05, 0) is 31.7 Å². The number of halogens is 2. The first kappa shape index (κ1) is 15.3. The van der Waals surface area contributed by atoms with Crippen molar-refractivity contribution < 1.29 is 23.1 Å². The highest BCUT2D eigenvalue weighted by Gasteiger charge is 2.28. The predicted octanol–water partition coefficient (Wildman–Crippen LogP) is 1.82. The number of esters is 1. The number of ether oxygens (including phenoxy) is 1. The van der Waals surface area contributed by atoms with Crippen molar-refractivity contribution in [2.45, 2.75) is 31.7 Å². The van der Waals surface area contributed by atoms with Crippen molar-refractivity contribution in [3.8, 4) is 0 Å². The summed E-state index contributed by atoms with van der Waals surface area (Å²) in [5.74, 6) is -3.62. The van der Waals surface area contributed by atoms with Gasteiger partial charge in [0.1, 0.15) is 0 Å². The summed E-state index contributed by atoms with van der Waals surface area (Å²) in [7, 11) is 1.34. The van der Waals surface area contributed by atoms with E-state index < -0.39 is 17.7 Å². The van der Waals surface area contributed by atoms with E-state index in [9.17, 15) is 18.4 Å². The molecule has 1 N–H and O–H groups in total. The van der Waals surface area contributed by atoms with E-state index in [-0.39, 0.29) is 23.5 Å². The second-order valence-electron chi connectivity index (χ2n) is 5.01. The average Bonchev–Trinajstić information content (AvgIpc) is 2.50. The number of amides is 1. The van der Waals surface area contributed by atoms with Gasteiger partial charge >= 0.3 is 5.97 Å². The van der Waals surface area contributed by atoms with Crippen LogP contribution >= 0.6 is 0 Å². The van der Waals surface area contributed by atoms with Gasteiger partial charge in [0.15, 0.2) is 5.82 Å². The lowest BCUT2D eigenvalue weighted by molar-refractivity contribution is -0.146. The summed E-state index contributed by atoms with van der Waals surface area (Å²) < 4.78 is 31.1. The summed E-state index contributed by atoms with van der Waals surface area (Å²) in [4.78, 5) is 26.4. The van der Waals surface area contributed by atoms with Crippen LogP contribution in [0.1, 0.15) is 36.0 Å². The second kappa shape index (κ2) is 6.60. The summed E-state index contributed by atoms with van der Waals surface area (Å²) in [5, 5.41) is 2.66. The van der Waals surface area contributed by atoms with Gasteiger partial charge in [0.05, 0.1) is 18.6 Å². The highest BCUT2D eigenvalue weighted by molar-refractivity contribution is 5.94. The molecule has 2 rings (SSSR count). The molecule has 0 saturated heterocycles. The fourth-order valence-electron chi connectivity index (χ4n) is 2.50. The zero-order chi connectivity index (χ0) is 15.4. The maximum atomic E-state index is 13.5. The summed E-state index contributed by atoms with van der Waals surface area (Å²) in [6.45, 7) is 0. The fraction of sp³-hybridized carbons (Fsp3) is 0.500. The van der Waals surface area contributed by atoms with Crippen LogP contribution in [0, 0.1) is 17.7 Å². The molecule has 21 heavy (non-hydrogen) atoms. The molecule has 0 aromatic carbocycles. The van der Waals surface area contributed by atoms with E-state index in [0.717, 1.165) is 12.3 Å². The van der Waals surface area contributed by atoms with Crippen LogP contribution in [0.2, 0.25) is 0 Å². The summed E-state index contributed by atoms with van der Waals surface area (Å²) in [6, 6.07) is 0.974. The molecule has 1 aliphatic rings. The zero-order valence-electron chi connectivity index (χ0n) is 11.6. The van der Waals surface area contributed by atoms with Crippen LogP contribution in [0.3, 0.4) is 0 Å². The number of rotatable bonds is 3. The van der Waals surface area contributed by atoms with Crippen LogP contribution in [0.15, 0.2) is 12.3 Å². The number of nitrogens with zero attached hydrogens (tertiary/aromatic N) is 1. The third-order valence-corrected chi connectivity index (χ3v) is 3.69. The number of pyridine rings is 1. The van der Waals surface area contributed by atoms with Gasteiger partial charge in [0.25, 0.3) is 5.91 Å². The Labute approximate surface area is 120 Å². The van der Waals surface area contributed by atoms with Gasteiger partial charge < -0.3 is 10.1 Å². The van der Waals surface area contributed by atoms with E-state index in [1.54, 1.807) is 0 Å². The Kier molecular flexibility index (Phi) is 4.82. The minimum Gasteiger partial charge on any atom is -0.469 e. The lowest BCUT2D eigenvalue weighted by Crippen LogP contribution is -2.39. The van der Waals surface area contributed by atoms with Crippen molar-refractivity contribution in [1.29, 1.82) is 0 Å². The molecule has 0 spiro atoms. The molecule has 1 heterocycles. The van der Waals surface area contributed by atoms with Crippen LogP contribution < -0.4 is 5.32 Å². The van der Waals surface area contributed by atoms with Crippen molar-refractivity contribution >= 4 is 11.9 Å². The number of nitrogens with one attached hydrogen (secondary N) is 1. The van der Waals surface area contributed by atoms with Gasteiger partial charge in [-0.25, -0.2) is 9.37 Å². The highest BCUT2D eigenvalue weighted by atomic mass is 19.2. The molecule has 1 saturated carbocycles. The first-order valence-electron chi connectivity index (χ1n) is 6.71. The van der Waals surface area contributed by atoms with Gasteiger partial charge in [0, 0.05) is 12.2 Å². The average molecular weight is 298 g/mol. The van der Waals surface area contributed by atoms with E-state index in [4.69, 9.17) is 0 Å². The molecule has 1 aromatic rings. The molecule has 0 unspecified atom stereocenters. The molecule has 0 atom stereocenters. The fourth-order valence-corrected chi connectivity index (χ4v) is 2.50. The first-order chi connectivity index (χ1) is 10.0. The van der Waals surface area contributed by atoms with Crippen molar-refractivity contribution in [2.75, 3.05) is 7.11 Å². The Morgan fingerprint density at radius 3 is 2.57 bits per heavy atom. The van der Waals surface area contributed by atoms with Crippen molar-refractivity contribution in [3.63, 3.8) is 0 Å². The molecule has 0 aliphatic heterocycles. The molecular weight excluding hydrogens is 282 g/mol. The molecule has 1 fully saturated rings. The number of hydrogen-bond donors (Lipinski definition) is 1. The van der Waals surface area contributed by atoms with Crippen molar-refractivity contribution in [2.24, 2.45) is 5.92 Å². The smallest absolute Gasteiger partial charge is 0.308 e. The number of hydrogen-bond acceptors (Lipinski definition) is 4. The zero-order valence-corrected chi connectivity index (χ0v) is 11.6. The van der Waals surface area contributed by atoms with E-state index in [1.165, 1.54) is 7.11 Å². The first-order valence-corrected chi connectivity index (χ1v) is 6.71. The molecule has 114 valence electrons. The number of carbonyl (C=O) groups excluding carboxylic acids is 2. The molecule has 0 radical (unpaired) electrons. The normalized spacial score (nSPS) is 21.7. The van der Waals surface area contributed by atoms with Crippen LogP contribution in [-0.2, 0) is 9.53 Å². The van der Waals surface area contributed by atoms with Gasteiger partial charge in [0.2, 0.25) is 5.95 Å². The Morgan fingerprint density at radius 2 is 1.95 bits per heavy atom. The minimum absolute atomic E-state index is 0.154. The van der Waals surface area contributed by atoms with Gasteiger partial charge in [-0.2, -0.15) is 4.39 Å². The molecule has 5 nitrogen and oxygen atoms in total. The van der Waals surface area contributed by atoms with Gasteiger partial charge in [-0.3, -0.25) is 9.59 Å². The van der Waals surface area contributed by atoms with Crippen molar-refractivity contribution in [3.05, 3.63) is 29.6 Å².